The second-order valence-electron chi connectivity index (χ2n) is 8.78. The lowest BCUT2D eigenvalue weighted by atomic mass is 9.75. The van der Waals surface area contributed by atoms with E-state index in [1.54, 1.807) is 0 Å². The molecule has 2 atom stereocenters. The molecule has 0 heterocycles. The Morgan fingerprint density at radius 3 is 2.38 bits per heavy atom. The van der Waals surface area contributed by atoms with Crippen molar-refractivity contribution in [3.8, 4) is 0 Å². The predicted molar refractivity (Wildman–Crippen MR) is 131 cm³/mol. The Bertz CT molecular complexity index is 1470. The molecule has 0 N–H and O–H groups in total. The molecule has 5 aromatic carbocycles. The van der Waals surface area contributed by atoms with E-state index in [9.17, 15) is 4.79 Å². The third-order valence-corrected chi connectivity index (χ3v) is 7.06. The second-order valence-corrected chi connectivity index (χ2v) is 8.78. The van der Waals surface area contributed by atoms with Gasteiger partial charge in [-0.1, -0.05) is 84.9 Å². The molecule has 0 aromatic heterocycles. The molecule has 2 heteroatoms. The zero-order valence-corrected chi connectivity index (χ0v) is 17.8. The van der Waals surface area contributed by atoms with Crippen molar-refractivity contribution in [2.24, 2.45) is 0 Å². The molecular formula is C30H24O2. The summed E-state index contributed by atoms with van der Waals surface area (Å²) >= 11 is 0. The van der Waals surface area contributed by atoms with Crippen LogP contribution in [0.1, 0.15) is 41.6 Å². The van der Waals surface area contributed by atoms with Crippen molar-refractivity contribution in [1.82, 2.24) is 0 Å². The van der Waals surface area contributed by atoms with E-state index in [0.717, 1.165) is 24.8 Å². The highest BCUT2D eigenvalue weighted by molar-refractivity contribution is 6.09. The number of ether oxygens (including phenoxy) is 1. The summed E-state index contributed by atoms with van der Waals surface area (Å²) in [4.78, 5) is 11.6. The Hall–Kier alpha value is -3.65. The van der Waals surface area contributed by atoms with Crippen LogP contribution >= 0.6 is 0 Å². The maximum absolute atomic E-state index is 11.6. The standard InChI is InChI=1S/C30H24O2/c31-19-32-30(24-13-12-20-6-1-2-8-23(20)18-24)28-11-5-9-22-15-16-26-25-10-4-3-7-21(25)14-17-27(26)29(22)28/h1-4,6-8,10,12-19,28,30H,5,9,11H2. The Kier molecular flexibility index (Phi) is 4.65. The van der Waals surface area contributed by atoms with Crippen LogP contribution in [-0.4, -0.2) is 6.47 Å². The smallest absolute Gasteiger partial charge is 0.293 e. The SMILES string of the molecule is O=COC(c1ccc2ccccc2c1)C1CCCc2ccc3c(ccc4ccccc43)c21. The maximum atomic E-state index is 11.6. The summed E-state index contributed by atoms with van der Waals surface area (Å²) in [5.74, 6) is 0.134. The molecule has 0 aliphatic heterocycles. The lowest BCUT2D eigenvalue weighted by Crippen LogP contribution is -2.20. The molecule has 0 saturated carbocycles. The summed E-state index contributed by atoms with van der Waals surface area (Å²) in [7, 11) is 0. The number of benzene rings is 5. The summed E-state index contributed by atoms with van der Waals surface area (Å²) in [6.45, 7) is 0.620. The van der Waals surface area contributed by atoms with Crippen molar-refractivity contribution in [3.63, 3.8) is 0 Å². The van der Waals surface area contributed by atoms with Gasteiger partial charge in [-0.15, -0.1) is 0 Å². The summed E-state index contributed by atoms with van der Waals surface area (Å²) in [5, 5.41) is 7.45. The number of carbonyl (C=O) groups is 1. The van der Waals surface area contributed by atoms with E-state index >= 15 is 0 Å². The fourth-order valence-corrected chi connectivity index (χ4v) is 5.62. The van der Waals surface area contributed by atoms with Crippen LogP contribution in [0.5, 0.6) is 0 Å². The average Bonchev–Trinajstić information content (AvgIpc) is 2.86. The van der Waals surface area contributed by atoms with Crippen molar-refractivity contribution in [3.05, 3.63) is 108 Å². The van der Waals surface area contributed by atoms with E-state index < -0.39 is 0 Å². The van der Waals surface area contributed by atoms with Crippen molar-refractivity contribution in [2.45, 2.75) is 31.3 Å². The van der Waals surface area contributed by atoms with Gasteiger partial charge in [-0.3, -0.25) is 4.79 Å². The lowest BCUT2D eigenvalue weighted by Gasteiger charge is -2.33. The van der Waals surface area contributed by atoms with Crippen LogP contribution < -0.4 is 0 Å². The first-order chi connectivity index (χ1) is 15.8. The van der Waals surface area contributed by atoms with Crippen molar-refractivity contribution in [2.75, 3.05) is 0 Å². The van der Waals surface area contributed by atoms with Crippen LogP contribution in [0.3, 0.4) is 0 Å². The molecule has 6 rings (SSSR count). The molecule has 0 spiro atoms. The van der Waals surface area contributed by atoms with Gasteiger partial charge in [0.1, 0.15) is 6.10 Å². The lowest BCUT2D eigenvalue weighted by molar-refractivity contribution is -0.135. The summed E-state index contributed by atoms with van der Waals surface area (Å²) in [5.41, 5.74) is 3.79. The van der Waals surface area contributed by atoms with Crippen LogP contribution in [0.2, 0.25) is 0 Å². The summed E-state index contributed by atoms with van der Waals surface area (Å²) < 4.78 is 5.83. The average molecular weight is 417 g/mol. The van der Waals surface area contributed by atoms with Gasteiger partial charge in [0.2, 0.25) is 0 Å². The highest BCUT2D eigenvalue weighted by Crippen LogP contribution is 2.46. The van der Waals surface area contributed by atoms with Crippen LogP contribution in [0.25, 0.3) is 32.3 Å². The van der Waals surface area contributed by atoms with Gasteiger partial charge >= 0.3 is 0 Å². The fourth-order valence-electron chi connectivity index (χ4n) is 5.62. The Labute approximate surface area is 187 Å². The maximum Gasteiger partial charge on any atom is 0.293 e. The van der Waals surface area contributed by atoms with Crippen LogP contribution in [-0.2, 0) is 16.0 Å². The largest absolute Gasteiger partial charge is 0.459 e. The number of fused-ring (bicyclic) bond motifs is 6. The van der Waals surface area contributed by atoms with Crippen LogP contribution in [0.4, 0.5) is 0 Å². The van der Waals surface area contributed by atoms with Gasteiger partial charge in [-0.05, 0) is 74.3 Å². The van der Waals surface area contributed by atoms with Gasteiger partial charge in [-0.2, -0.15) is 0 Å². The zero-order valence-electron chi connectivity index (χ0n) is 17.8. The molecule has 2 unspecified atom stereocenters. The monoisotopic (exact) mass is 416 g/mol. The molecule has 0 saturated heterocycles. The van der Waals surface area contributed by atoms with E-state index in [1.165, 1.54) is 43.4 Å². The van der Waals surface area contributed by atoms with Crippen molar-refractivity contribution < 1.29 is 9.53 Å². The minimum Gasteiger partial charge on any atom is -0.459 e. The highest BCUT2D eigenvalue weighted by Gasteiger charge is 2.32. The zero-order chi connectivity index (χ0) is 21.5. The number of hydrogen-bond acceptors (Lipinski definition) is 2. The van der Waals surface area contributed by atoms with Gasteiger partial charge in [0.05, 0.1) is 0 Å². The van der Waals surface area contributed by atoms with Gasteiger partial charge < -0.3 is 4.74 Å². The fraction of sp³-hybridized carbons (Fsp3) is 0.167. The van der Waals surface area contributed by atoms with Crippen LogP contribution in [0, 0.1) is 0 Å². The Morgan fingerprint density at radius 1 is 0.750 bits per heavy atom. The van der Waals surface area contributed by atoms with Gasteiger partial charge in [0, 0.05) is 5.92 Å². The Balaban J connectivity index is 1.55. The molecule has 2 nitrogen and oxygen atoms in total. The first kappa shape index (κ1) is 19.1. The third-order valence-electron chi connectivity index (χ3n) is 7.06. The van der Waals surface area contributed by atoms with E-state index in [2.05, 4.69) is 91.0 Å². The number of carbonyl (C=O) groups excluding carboxylic acids is 1. The Morgan fingerprint density at radius 2 is 1.50 bits per heavy atom. The molecular weight excluding hydrogens is 392 g/mol. The van der Waals surface area contributed by atoms with Crippen molar-refractivity contribution in [1.29, 1.82) is 0 Å². The summed E-state index contributed by atoms with van der Waals surface area (Å²) in [6.07, 6.45) is 2.88. The molecule has 5 aromatic rings. The first-order valence-corrected chi connectivity index (χ1v) is 11.3. The van der Waals surface area contributed by atoms with Gasteiger partial charge in [0.25, 0.3) is 6.47 Å². The minimum absolute atomic E-state index is 0.134. The highest BCUT2D eigenvalue weighted by atomic mass is 16.5. The third kappa shape index (κ3) is 3.06. The predicted octanol–water partition coefficient (Wildman–Crippen LogP) is 7.48. The topological polar surface area (TPSA) is 26.3 Å². The van der Waals surface area contributed by atoms with Crippen LogP contribution in [0.15, 0.2) is 91.0 Å². The van der Waals surface area contributed by atoms with E-state index in [1.807, 2.05) is 0 Å². The second kappa shape index (κ2) is 7.80. The molecule has 32 heavy (non-hydrogen) atoms. The molecule has 0 bridgehead atoms. The van der Waals surface area contributed by atoms with Crippen molar-refractivity contribution >= 4 is 38.8 Å². The van der Waals surface area contributed by atoms with E-state index in [4.69, 9.17) is 4.74 Å². The molecule has 0 fully saturated rings. The number of hydrogen-bond donors (Lipinski definition) is 0. The molecule has 156 valence electrons. The summed E-state index contributed by atoms with van der Waals surface area (Å²) in [6, 6.07) is 32.3. The molecule has 1 aliphatic carbocycles. The molecule has 1 aliphatic rings. The first-order valence-electron chi connectivity index (χ1n) is 11.3. The normalized spacial score (nSPS) is 16.7. The minimum atomic E-state index is -0.298. The number of aryl methyl sites for hydroxylation is 1. The van der Waals surface area contributed by atoms with Gasteiger partial charge in [0.15, 0.2) is 0 Å². The quantitative estimate of drug-likeness (QED) is 0.224. The van der Waals surface area contributed by atoms with Gasteiger partial charge in [-0.25, -0.2) is 0 Å². The molecule has 0 amide bonds. The molecule has 0 radical (unpaired) electrons. The van der Waals surface area contributed by atoms with E-state index in [0.29, 0.717) is 6.47 Å². The van der Waals surface area contributed by atoms with E-state index in [-0.39, 0.29) is 12.0 Å². The number of rotatable bonds is 4.